The average molecular weight is 266 g/mol. The van der Waals surface area contributed by atoms with Gasteiger partial charge in [0, 0.05) is 18.5 Å². The maximum Gasteiger partial charge on any atom is 0.227 e. The summed E-state index contributed by atoms with van der Waals surface area (Å²) in [4.78, 5) is 14.3. The summed E-state index contributed by atoms with van der Waals surface area (Å²) < 4.78 is 0. The number of benzene rings is 1. The van der Waals surface area contributed by atoms with Crippen molar-refractivity contribution in [3.05, 3.63) is 35.4 Å². The highest BCUT2D eigenvalue weighted by molar-refractivity contribution is 6.18. The van der Waals surface area contributed by atoms with E-state index in [4.69, 9.17) is 11.6 Å². The van der Waals surface area contributed by atoms with Crippen molar-refractivity contribution in [2.45, 2.75) is 38.6 Å². The number of nitrogens with zero attached hydrogens (tertiary/aromatic N) is 1. The molecule has 0 aromatic heterocycles. The van der Waals surface area contributed by atoms with Gasteiger partial charge >= 0.3 is 0 Å². The van der Waals surface area contributed by atoms with Crippen LogP contribution in [0.4, 0.5) is 0 Å². The van der Waals surface area contributed by atoms with Gasteiger partial charge in [0.05, 0.1) is 6.42 Å². The predicted molar refractivity (Wildman–Crippen MR) is 75.0 cm³/mol. The first-order chi connectivity index (χ1) is 8.72. The molecule has 1 saturated carbocycles. The summed E-state index contributed by atoms with van der Waals surface area (Å²) in [6, 6.07) is 8.52. The van der Waals surface area contributed by atoms with Crippen molar-refractivity contribution in [1.29, 1.82) is 0 Å². The molecule has 98 valence electrons. The SMILES string of the molecule is Cc1ccccc1CC(=O)N(CCCl)C1CCC1. The van der Waals surface area contributed by atoms with Crippen LogP contribution in [0.1, 0.15) is 30.4 Å². The third-order valence-electron chi connectivity index (χ3n) is 3.76. The first-order valence-electron chi connectivity index (χ1n) is 6.62. The summed E-state index contributed by atoms with van der Waals surface area (Å²) in [7, 11) is 0. The Morgan fingerprint density at radius 2 is 2.11 bits per heavy atom. The largest absolute Gasteiger partial charge is 0.338 e. The highest BCUT2D eigenvalue weighted by Crippen LogP contribution is 2.25. The van der Waals surface area contributed by atoms with E-state index in [9.17, 15) is 4.79 Å². The quantitative estimate of drug-likeness (QED) is 0.749. The van der Waals surface area contributed by atoms with Gasteiger partial charge < -0.3 is 4.90 Å². The molecule has 0 spiro atoms. The van der Waals surface area contributed by atoms with Crippen molar-refractivity contribution < 1.29 is 4.79 Å². The number of hydrogen-bond acceptors (Lipinski definition) is 1. The van der Waals surface area contributed by atoms with Crippen LogP contribution < -0.4 is 0 Å². The third kappa shape index (κ3) is 3.05. The molecule has 0 radical (unpaired) electrons. The molecule has 0 bridgehead atoms. The van der Waals surface area contributed by atoms with Crippen LogP contribution in [0, 0.1) is 6.92 Å². The first-order valence-corrected chi connectivity index (χ1v) is 7.15. The van der Waals surface area contributed by atoms with Crippen LogP contribution in [0.25, 0.3) is 0 Å². The fourth-order valence-corrected chi connectivity index (χ4v) is 2.56. The molecule has 1 aromatic rings. The minimum atomic E-state index is 0.217. The summed E-state index contributed by atoms with van der Waals surface area (Å²) in [5, 5.41) is 0. The van der Waals surface area contributed by atoms with Crippen LogP contribution in [0.15, 0.2) is 24.3 Å². The van der Waals surface area contributed by atoms with Crippen LogP contribution >= 0.6 is 11.6 Å². The Morgan fingerprint density at radius 1 is 1.39 bits per heavy atom. The minimum absolute atomic E-state index is 0.217. The zero-order valence-corrected chi connectivity index (χ0v) is 11.6. The molecule has 0 heterocycles. The van der Waals surface area contributed by atoms with Crippen LogP contribution in [0.3, 0.4) is 0 Å². The fourth-order valence-electron chi connectivity index (χ4n) is 2.37. The Hall–Kier alpha value is -1.02. The number of carbonyl (C=O) groups excluding carboxylic acids is 1. The van der Waals surface area contributed by atoms with E-state index in [-0.39, 0.29) is 5.91 Å². The van der Waals surface area contributed by atoms with Gasteiger partial charge in [-0.25, -0.2) is 0 Å². The summed E-state index contributed by atoms with van der Waals surface area (Å²) >= 11 is 5.81. The smallest absolute Gasteiger partial charge is 0.227 e. The van der Waals surface area contributed by atoms with Crippen LogP contribution in [-0.4, -0.2) is 29.3 Å². The van der Waals surface area contributed by atoms with Gasteiger partial charge in [-0.15, -0.1) is 11.6 Å². The van der Waals surface area contributed by atoms with Gasteiger partial charge in [0.1, 0.15) is 0 Å². The summed E-state index contributed by atoms with van der Waals surface area (Å²) in [6.45, 7) is 2.73. The number of alkyl halides is 1. The zero-order chi connectivity index (χ0) is 13.0. The Bertz CT molecular complexity index is 415. The van der Waals surface area contributed by atoms with E-state index < -0.39 is 0 Å². The predicted octanol–water partition coefficient (Wildman–Crippen LogP) is 3.16. The highest BCUT2D eigenvalue weighted by atomic mass is 35.5. The molecule has 0 N–H and O–H groups in total. The average Bonchev–Trinajstić information content (AvgIpc) is 2.29. The van der Waals surface area contributed by atoms with Gasteiger partial charge in [0.25, 0.3) is 0 Å². The van der Waals surface area contributed by atoms with E-state index in [1.165, 1.54) is 12.0 Å². The molecule has 0 unspecified atom stereocenters. The normalized spacial score (nSPS) is 15.2. The maximum absolute atomic E-state index is 12.4. The lowest BCUT2D eigenvalue weighted by molar-refractivity contribution is -0.134. The van der Waals surface area contributed by atoms with Crippen LogP contribution in [0.2, 0.25) is 0 Å². The third-order valence-corrected chi connectivity index (χ3v) is 3.93. The van der Waals surface area contributed by atoms with Crippen molar-refractivity contribution >= 4 is 17.5 Å². The van der Waals surface area contributed by atoms with Gasteiger partial charge in [-0.05, 0) is 37.3 Å². The maximum atomic E-state index is 12.4. The molecular weight excluding hydrogens is 246 g/mol. The second-order valence-corrected chi connectivity index (χ2v) is 5.34. The summed E-state index contributed by atoms with van der Waals surface area (Å²) in [5.41, 5.74) is 2.31. The summed E-state index contributed by atoms with van der Waals surface area (Å²) in [5.74, 6) is 0.741. The Morgan fingerprint density at radius 3 is 2.67 bits per heavy atom. The molecular formula is C15H20ClNO. The second kappa shape index (κ2) is 6.24. The molecule has 2 nitrogen and oxygen atoms in total. The van der Waals surface area contributed by atoms with Gasteiger partial charge in [-0.3, -0.25) is 4.79 Å². The summed E-state index contributed by atoms with van der Waals surface area (Å²) in [6.07, 6.45) is 4.01. The topological polar surface area (TPSA) is 20.3 Å². The van der Waals surface area contributed by atoms with Crippen molar-refractivity contribution in [1.82, 2.24) is 4.90 Å². The Balaban J connectivity index is 2.02. The molecule has 0 atom stereocenters. The number of halogens is 1. The van der Waals surface area contributed by atoms with Crippen molar-refractivity contribution in [3.8, 4) is 0 Å². The molecule has 3 heteroatoms. The number of rotatable bonds is 5. The number of amides is 1. The molecule has 18 heavy (non-hydrogen) atoms. The van der Waals surface area contributed by atoms with E-state index in [1.807, 2.05) is 23.1 Å². The molecule has 1 aliphatic carbocycles. The van der Waals surface area contributed by atoms with E-state index in [0.717, 1.165) is 18.4 Å². The Kier molecular flexibility index (Phi) is 4.65. The fraction of sp³-hybridized carbons (Fsp3) is 0.533. The molecule has 1 aliphatic rings. The van der Waals surface area contributed by atoms with E-state index in [0.29, 0.717) is 24.9 Å². The molecule has 1 aromatic carbocycles. The van der Waals surface area contributed by atoms with Gasteiger partial charge in [0.15, 0.2) is 0 Å². The first kappa shape index (κ1) is 13.4. The molecule has 0 saturated heterocycles. The van der Waals surface area contributed by atoms with Gasteiger partial charge in [-0.1, -0.05) is 24.3 Å². The highest BCUT2D eigenvalue weighted by Gasteiger charge is 2.28. The standard InChI is InChI=1S/C15H20ClNO/c1-12-5-2-3-6-13(12)11-15(18)17(10-9-16)14-7-4-8-14/h2-3,5-6,14H,4,7-11H2,1H3. The van der Waals surface area contributed by atoms with Crippen LogP contribution in [-0.2, 0) is 11.2 Å². The van der Waals surface area contributed by atoms with E-state index in [1.54, 1.807) is 0 Å². The van der Waals surface area contributed by atoms with Crippen molar-refractivity contribution in [2.75, 3.05) is 12.4 Å². The lowest BCUT2D eigenvalue weighted by Crippen LogP contribution is -2.45. The monoisotopic (exact) mass is 265 g/mol. The zero-order valence-electron chi connectivity index (χ0n) is 10.9. The van der Waals surface area contributed by atoms with Crippen LogP contribution in [0.5, 0.6) is 0 Å². The molecule has 0 aliphatic heterocycles. The lowest BCUT2D eigenvalue weighted by atomic mass is 9.91. The van der Waals surface area contributed by atoms with E-state index >= 15 is 0 Å². The molecule has 1 fully saturated rings. The lowest BCUT2D eigenvalue weighted by Gasteiger charge is -2.37. The molecule has 1 amide bonds. The Labute approximate surface area is 114 Å². The second-order valence-electron chi connectivity index (χ2n) is 4.96. The number of carbonyl (C=O) groups is 1. The van der Waals surface area contributed by atoms with Crippen molar-refractivity contribution in [3.63, 3.8) is 0 Å². The molecule has 2 rings (SSSR count). The number of hydrogen-bond donors (Lipinski definition) is 0. The van der Waals surface area contributed by atoms with Gasteiger partial charge in [0.2, 0.25) is 5.91 Å². The van der Waals surface area contributed by atoms with Crippen molar-refractivity contribution in [2.24, 2.45) is 0 Å². The minimum Gasteiger partial charge on any atom is -0.338 e. The van der Waals surface area contributed by atoms with Gasteiger partial charge in [-0.2, -0.15) is 0 Å². The van der Waals surface area contributed by atoms with E-state index in [2.05, 4.69) is 13.0 Å². The number of aryl methyl sites for hydroxylation is 1.